The van der Waals surface area contributed by atoms with Crippen molar-refractivity contribution in [2.45, 2.75) is 13.0 Å². The second-order valence-corrected chi connectivity index (χ2v) is 3.48. The fourth-order valence-electron chi connectivity index (χ4n) is 1.38. The first-order chi connectivity index (χ1) is 8.16. The molecule has 1 fully saturated rings. The molecule has 1 saturated heterocycles. The summed E-state index contributed by atoms with van der Waals surface area (Å²) in [5.74, 6) is -1.27. The topological polar surface area (TPSA) is 75.7 Å². The predicted octanol–water partition coefficient (Wildman–Crippen LogP) is 0.587. The van der Waals surface area contributed by atoms with Gasteiger partial charge in [-0.1, -0.05) is 30.3 Å². The van der Waals surface area contributed by atoms with Gasteiger partial charge in [0.1, 0.15) is 13.0 Å². The quantitative estimate of drug-likeness (QED) is 0.776. The zero-order valence-corrected chi connectivity index (χ0v) is 8.88. The van der Waals surface area contributed by atoms with Crippen LogP contribution in [0.4, 0.5) is 4.79 Å². The molecule has 6 heteroatoms. The molecule has 1 heterocycles. The van der Waals surface area contributed by atoms with E-state index in [0.717, 1.165) is 5.56 Å². The van der Waals surface area contributed by atoms with Gasteiger partial charge in [-0.15, -0.1) is 5.06 Å². The Morgan fingerprint density at radius 3 is 2.53 bits per heavy atom. The molecule has 4 amide bonds. The summed E-state index contributed by atoms with van der Waals surface area (Å²) in [4.78, 5) is 38.6. The van der Waals surface area contributed by atoms with E-state index in [2.05, 4.69) is 0 Å². The van der Waals surface area contributed by atoms with E-state index in [4.69, 9.17) is 4.84 Å². The molecule has 1 aliphatic heterocycles. The molecular weight excluding hydrogens is 224 g/mol. The summed E-state index contributed by atoms with van der Waals surface area (Å²) in [7, 11) is 0. The number of amides is 4. The molecule has 0 unspecified atom stereocenters. The number of barbiturate groups is 1. The average Bonchev–Trinajstić information content (AvgIpc) is 2.29. The van der Waals surface area contributed by atoms with Crippen LogP contribution in [0.5, 0.6) is 0 Å². The van der Waals surface area contributed by atoms with Crippen molar-refractivity contribution >= 4 is 17.8 Å². The van der Waals surface area contributed by atoms with Crippen LogP contribution < -0.4 is 5.32 Å². The first-order valence-corrected chi connectivity index (χ1v) is 5.00. The van der Waals surface area contributed by atoms with E-state index in [9.17, 15) is 14.4 Å². The van der Waals surface area contributed by atoms with Gasteiger partial charge in [-0.25, -0.2) is 4.79 Å². The minimum Gasteiger partial charge on any atom is -0.275 e. The zero-order chi connectivity index (χ0) is 12.3. The SMILES string of the molecule is O=C1CC(=O)N(OCc2ccccc2)C(=O)N1. The summed E-state index contributed by atoms with van der Waals surface area (Å²) in [6.45, 7) is 0.0915. The Labute approximate surface area is 97.1 Å². The standard InChI is InChI=1S/C11H10N2O4/c14-9-6-10(15)13(11(16)12-9)17-7-8-4-2-1-3-5-8/h1-5H,6-7H2,(H,12,14,16). The molecule has 0 atom stereocenters. The average molecular weight is 234 g/mol. The van der Waals surface area contributed by atoms with E-state index in [-0.39, 0.29) is 13.0 Å². The largest absolute Gasteiger partial charge is 0.355 e. The third-order valence-corrected chi connectivity index (χ3v) is 2.17. The van der Waals surface area contributed by atoms with Crippen LogP contribution >= 0.6 is 0 Å². The van der Waals surface area contributed by atoms with Crippen LogP contribution in [-0.2, 0) is 21.0 Å². The van der Waals surface area contributed by atoms with Crippen LogP contribution in [0.2, 0.25) is 0 Å². The molecule has 0 aromatic heterocycles. The molecule has 0 bridgehead atoms. The van der Waals surface area contributed by atoms with Crippen LogP contribution in [0, 0.1) is 0 Å². The van der Waals surface area contributed by atoms with Crippen molar-refractivity contribution in [2.24, 2.45) is 0 Å². The molecule has 0 radical (unpaired) electrons. The number of hydroxylamine groups is 2. The molecule has 2 rings (SSSR count). The number of nitrogens with one attached hydrogen (secondary N) is 1. The Balaban J connectivity index is 1.97. The van der Waals surface area contributed by atoms with Gasteiger partial charge in [0, 0.05) is 0 Å². The highest BCUT2D eigenvalue weighted by Crippen LogP contribution is 2.07. The maximum atomic E-state index is 11.4. The van der Waals surface area contributed by atoms with Gasteiger partial charge in [0.25, 0.3) is 5.91 Å². The molecule has 1 aromatic carbocycles. The third kappa shape index (κ3) is 2.67. The highest BCUT2D eigenvalue weighted by atomic mass is 16.7. The lowest BCUT2D eigenvalue weighted by Crippen LogP contribution is -2.52. The number of hydrogen-bond acceptors (Lipinski definition) is 4. The van der Waals surface area contributed by atoms with Gasteiger partial charge < -0.3 is 0 Å². The van der Waals surface area contributed by atoms with E-state index in [1.807, 2.05) is 23.5 Å². The fraction of sp³-hybridized carbons (Fsp3) is 0.182. The van der Waals surface area contributed by atoms with Gasteiger partial charge in [0.15, 0.2) is 0 Å². The van der Waals surface area contributed by atoms with E-state index in [1.54, 1.807) is 12.1 Å². The second-order valence-electron chi connectivity index (χ2n) is 3.48. The number of carbonyl (C=O) groups excluding carboxylic acids is 3. The highest BCUT2D eigenvalue weighted by Gasteiger charge is 2.31. The predicted molar refractivity (Wildman–Crippen MR) is 56.2 cm³/mol. The van der Waals surface area contributed by atoms with Gasteiger partial charge in [-0.05, 0) is 5.56 Å². The number of nitrogens with zero attached hydrogens (tertiary/aromatic N) is 1. The Kier molecular flexibility index (Phi) is 3.15. The summed E-state index contributed by atoms with van der Waals surface area (Å²) >= 11 is 0. The second kappa shape index (κ2) is 4.75. The third-order valence-electron chi connectivity index (χ3n) is 2.17. The van der Waals surface area contributed by atoms with Gasteiger partial charge >= 0.3 is 6.03 Å². The first kappa shape index (κ1) is 11.3. The fourth-order valence-corrected chi connectivity index (χ4v) is 1.38. The van der Waals surface area contributed by atoms with Crippen LogP contribution in [0.3, 0.4) is 0 Å². The smallest absolute Gasteiger partial charge is 0.275 e. The van der Waals surface area contributed by atoms with Crippen molar-refractivity contribution in [3.63, 3.8) is 0 Å². The Morgan fingerprint density at radius 1 is 1.18 bits per heavy atom. The molecule has 17 heavy (non-hydrogen) atoms. The summed E-state index contributed by atoms with van der Waals surface area (Å²) in [5.41, 5.74) is 0.824. The van der Waals surface area contributed by atoms with Crippen LogP contribution in [-0.4, -0.2) is 22.9 Å². The summed E-state index contributed by atoms with van der Waals surface area (Å²) in [6, 6.07) is 8.25. The van der Waals surface area contributed by atoms with Crippen molar-refractivity contribution in [1.82, 2.24) is 10.4 Å². The molecule has 1 N–H and O–H groups in total. The molecule has 1 aromatic rings. The Hall–Kier alpha value is -2.21. The van der Waals surface area contributed by atoms with Crippen LogP contribution in [0.25, 0.3) is 0 Å². The highest BCUT2D eigenvalue weighted by molar-refractivity contribution is 6.13. The summed E-state index contributed by atoms with van der Waals surface area (Å²) in [5, 5.41) is 2.58. The normalized spacial score (nSPS) is 16.0. The Bertz CT molecular complexity index is 438. The van der Waals surface area contributed by atoms with Gasteiger partial charge in [0.05, 0.1) is 0 Å². The lowest BCUT2D eigenvalue weighted by Gasteiger charge is -2.23. The minimum absolute atomic E-state index is 0.0915. The number of rotatable bonds is 3. The maximum absolute atomic E-state index is 11.4. The van der Waals surface area contributed by atoms with Crippen molar-refractivity contribution in [3.05, 3.63) is 35.9 Å². The van der Waals surface area contributed by atoms with Gasteiger partial charge in [-0.3, -0.25) is 19.7 Å². The molecule has 1 aliphatic rings. The summed E-state index contributed by atoms with van der Waals surface area (Å²) < 4.78 is 0. The maximum Gasteiger partial charge on any atom is 0.355 e. The molecular formula is C11H10N2O4. The molecule has 88 valence electrons. The van der Waals surface area contributed by atoms with Crippen LogP contribution in [0.1, 0.15) is 12.0 Å². The number of urea groups is 1. The van der Waals surface area contributed by atoms with Crippen molar-refractivity contribution < 1.29 is 19.2 Å². The lowest BCUT2D eigenvalue weighted by molar-refractivity contribution is -0.176. The van der Waals surface area contributed by atoms with E-state index >= 15 is 0 Å². The van der Waals surface area contributed by atoms with E-state index in [0.29, 0.717) is 5.06 Å². The van der Waals surface area contributed by atoms with E-state index < -0.39 is 17.8 Å². The molecule has 0 spiro atoms. The zero-order valence-electron chi connectivity index (χ0n) is 8.88. The first-order valence-electron chi connectivity index (χ1n) is 5.00. The molecule has 0 aliphatic carbocycles. The number of benzene rings is 1. The van der Waals surface area contributed by atoms with Crippen molar-refractivity contribution in [1.29, 1.82) is 0 Å². The number of carbonyl (C=O) groups is 3. The summed E-state index contributed by atoms with van der Waals surface area (Å²) in [6.07, 6.45) is -0.374. The molecule has 0 saturated carbocycles. The van der Waals surface area contributed by atoms with Gasteiger partial charge in [0.2, 0.25) is 5.91 Å². The van der Waals surface area contributed by atoms with Crippen molar-refractivity contribution in [2.75, 3.05) is 0 Å². The minimum atomic E-state index is -0.845. The Morgan fingerprint density at radius 2 is 1.88 bits per heavy atom. The molecule has 6 nitrogen and oxygen atoms in total. The van der Waals surface area contributed by atoms with Gasteiger partial charge in [-0.2, -0.15) is 0 Å². The van der Waals surface area contributed by atoms with Crippen LogP contribution in [0.15, 0.2) is 30.3 Å². The van der Waals surface area contributed by atoms with E-state index in [1.165, 1.54) is 0 Å². The lowest BCUT2D eigenvalue weighted by atomic mass is 10.2. The number of hydrogen-bond donors (Lipinski definition) is 1. The number of imide groups is 2. The van der Waals surface area contributed by atoms with Crippen molar-refractivity contribution in [3.8, 4) is 0 Å². The monoisotopic (exact) mass is 234 g/mol.